The van der Waals surface area contributed by atoms with Crippen molar-refractivity contribution < 1.29 is 13.2 Å². The Labute approximate surface area is 142 Å². The Kier molecular flexibility index (Phi) is 6.44. The number of nitrogens with one attached hydrogen (secondary N) is 2. The van der Waals surface area contributed by atoms with Crippen LogP contribution >= 0.6 is 11.6 Å². The van der Waals surface area contributed by atoms with Gasteiger partial charge in [-0.25, -0.2) is 13.1 Å². The normalized spacial score (nSPS) is 17.7. The number of carbonyl (C=O) groups is 1. The van der Waals surface area contributed by atoms with Crippen molar-refractivity contribution >= 4 is 27.5 Å². The Morgan fingerprint density at radius 1 is 1.22 bits per heavy atom. The lowest BCUT2D eigenvalue weighted by atomic mass is 9.95. The van der Waals surface area contributed by atoms with Crippen LogP contribution in [0.25, 0.3) is 0 Å². The molecule has 1 aromatic rings. The molecular formula is C16H23ClN2O3S. The molecule has 128 valence electrons. The van der Waals surface area contributed by atoms with Crippen molar-refractivity contribution in [3.8, 4) is 0 Å². The molecule has 2 rings (SSSR count). The van der Waals surface area contributed by atoms with Gasteiger partial charge in [0.2, 0.25) is 15.9 Å². The lowest BCUT2D eigenvalue weighted by Crippen LogP contribution is -2.39. The molecule has 5 nitrogen and oxygen atoms in total. The highest BCUT2D eigenvalue weighted by molar-refractivity contribution is 7.88. The number of sulfonamides is 1. The van der Waals surface area contributed by atoms with Crippen molar-refractivity contribution in [1.82, 2.24) is 10.0 Å². The fraction of sp³-hybridized carbons (Fsp3) is 0.562. The van der Waals surface area contributed by atoms with Gasteiger partial charge in [0.1, 0.15) is 0 Å². The summed E-state index contributed by atoms with van der Waals surface area (Å²) < 4.78 is 25.7. The Bertz CT molecular complexity index is 625. The molecule has 0 spiro atoms. The molecular weight excluding hydrogens is 336 g/mol. The largest absolute Gasteiger partial charge is 0.353 e. The van der Waals surface area contributed by atoms with Gasteiger partial charge in [-0.05, 0) is 30.5 Å². The van der Waals surface area contributed by atoms with Crippen LogP contribution in [0.4, 0.5) is 0 Å². The van der Waals surface area contributed by atoms with Gasteiger partial charge in [0.25, 0.3) is 0 Å². The third kappa shape index (κ3) is 6.49. The summed E-state index contributed by atoms with van der Waals surface area (Å²) in [5.41, 5.74) is 0.721. The first-order valence-electron chi connectivity index (χ1n) is 7.85. The van der Waals surface area contributed by atoms with E-state index in [1.165, 1.54) is 6.42 Å². The molecule has 0 heterocycles. The monoisotopic (exact) mass is 358 g/mol. The van der Waals surface area contributed by atoms with E-state index in [2.05, 4.69) is 10.0 Å². The molecule has 0 aliphatic heterocycles. The van der Waals surface area contributed by atoms with Crippen LogP contribution in [0.5, 0.6) is 0 Å². The van der Waals surface area contributed by atoms with E-state index in [0.29, 0.717) is 5.02 Å². The highest BCUT2D eigenvalue weighted by Crippen LogP contribution is 2.22. The minimum absolute atomic E-state index is 0.0746. The topological polar surface area (TPSA) is 75.3 Å². The molecule has 0 radical (unpaired) electrons. The van der Waals surface area contributed by atoms with Gasteiger partial charge in [-0.2, -0.15) is 0 Å². The summed E-state index contributed by atoms with van der Waals surface area (Å²) in [7, 11) is -3.42. The maximum Gasteiger partial charge on any atom is 0.222 e. The van der Waals surface area contributed by atoms with Crippen LogP contribution in [-0.2, 0) is 14.8 Å². The summed E-state index contributed by atoms with van der Waals surface area (Å²) in [6.07, 6.45) is 6.64. The predicted molar refractivity (Wildman–Crippen MR) is 91.8 cm³/mol. The second kappa shape index (κ2) is 8.13. The standard InChI is InChI=1S/C16H23ClN2O3S/c1-23(21,22)19-15(12-7-9-13(17)10-8-12)11-16(20)18-14-5-3-2-4-6-14/h7-10,14-15,19H,2-6,11H2,1H3,(H,18,20). The Balaban J connectivity index is 2.04. The molecule has 1 saturated carbocycles. The van der Waals surface area contributed by atoms with Crippen LogP contribution in [0.1, 0.15) is 50.1 Å². The Hall–Kier alpha value is -1.11. The molecule has 0 aromatic heterocycles. The van der Waals surface area contributed by atoms with Gasteiger partial charge in [-0.15, -0.1) is 0 Å². The third-order valence-electron chi connectivity index (χ3n) is 3.99. The fourth-order valence-electron chi connectivity index (χ4n) is 2.90. The molecule has 1 aliphatic carbocycles. The Morgan fingerprint density at radius 3 is 2.39 bits per heavy atom. The first-order valence-corrected chi connectivity index (χ1v) is 10.1. The second-order valence-corrected chi connectivity index (χ2v) is 8.32. The molecule has 1 unspecified atom stereocenters. The van der Waals surface area contributed by atoms with E-state index in [9.17, 15) is 13.2 Å². The van der Waals surface area contributed by atoms with Crippen LogP contribution in [0.2, 0.25) is 5.02 Å². The molecule has 1 amide bonds. The smallest absolute Gasteiger partial charge is 0.222 e. The molecule has 2 N–H and O–H groups in total. The summed E-state index contributed by atoms with van der Waals surface area (Å²) in [5, 5.41) is 3.58. The second-order valence-electron chi connectivity index (χ2n) is 6.10. The van der Waals surface area contributed by atoms with Gasteiger partial charge in [-0.3, -0.25) is 4.79 Å². The van der Waals surface area contributed by atoms with Crippen LogP contribution in [0.15, 0.2) is 24.3 Å². The SMILES string of the molecule is CS(=O)(=O)NC(CC(=O)NC1CCCCC1)c1ccc(Cl)cc1. The van der Waals surface area contributed by atoms with Crippen LogP contribution in [0, 0.1) is 0 Å². The molecule has 1 fully saturated rings. The number of hydrogen-bond donors (Lipinski definition) is 2. The van der Waals surface area contributed by atoms with Crippen molar-refractivity contribution in [3.63, 3.8) is 0 Å². The maximum atomic E-state index is 12.3. The van der Waals surface area contributed by atoms with Gasteiger partial charge >= 0.3 is 0 Å². The van der Waals surface area contributed by atoms with E-state index in [1.807, 2.05) is 0 Å². The van der Waals surface area contributed by atoms with E-state index in [4.69, 9.17) is 11.6 Å². The number of carbonyl (C=O) groups excluding carboxylic acids is 1. The summed E-state index contributed by atoms with van der Waals surface area (Å²) in [6.45, 7) is 0. The maximum absolute atomic E-state index is 12.3. The van der Waals surface area contributed by atoms with Crippen molar-refractivity contribution in [2.75, 3.05) is 6.26 Å². The van der Waals surface area contributed by atoms with E-state index in [-0.39, 0.29) is 18.4 Å². The average Bonchev–Trinajstić information content (AvgIpc) is 2.47. The van der Waals surface area contributed by atoms with Crippen molar-refractivity contribution in [3.05, 3.63) is 34.9 Å². The summed E-state index contributed by atoms with van der Waals surface area (Å²) in [4.78, 5) is 12.3. The summed E-state index contributed by atoms with van der Waals surface area (Å²) in [5.74, 6) is -0.131. The molecule has 23 heavy (non-hydrogen) atoms. The Morgan fingerprint density at radius 2 is 1.83 bits per heavy atom. The zero-order valence-corrected chi connectivity index (χ0v) is 14.8. The first-order chi connectivity index (χ1) is 10.8. The summed E-state index contributed by atoms with van der Waals surface area (Å²) >= 11 is 5.87. The lowest BCUT2D eigenvalue weighted by Gasteiger charge is -2.24. The van der Waals surface area contributed by atoms with Crippen LogP contribution in [0.3, 0.4) is 0 Å². The average molecular weight is 359 g/mol. The number of halogens is 1. The van der Waals surface area contributed by atoms with Gasteiger partial charge in [0.05, 0.1) is 12.3 Å². The van der Waals surface area contributed by atoms with Gasteiger partial charge in [-0.1, -0.05) is 43.0 Å². The van der Waals surface area contributed by atoms with E-state index < -0.39 is 16.1 Å². The summed E-state index contributed by atoms with van der Waals surface area (Å²) in [6, 6.07) is 6.46. The van der Waals surface area contributed by atoms with Gasteiger partial charge in [0, 0.05) is 17.5 Å². The number of rotatable bonds is 6. The molecule has 0 saturated heterocycles. The number of benzene rings is 1. The quantitative estimate of drug-likeness (QED) is 0.821. The highest BCUT2D eigenvalue weighted by atomic mass is 35.5. The van der Waals surface area contributed by atoms with E-state index in [1.54, 1.807) is 24.3 Å². The molecule has 1 aromatic carbocycles. The third-order valence-corrected chi connectivity index (χ3v) is 4.95. The number of amides is 1. The zero-order valence-electron chi connectivity index (χ0n) is 13.2. The minimum atomic E-state index is -3.42. The number of hydrogen-bond acceptors (Lipinski definition) is 3. The molecule has 0 bridgehead atoms. The molecule has 7 heteroatoms. The predicted octanol–water partition coefficient (Wildman–Crippen LogP) is 2.77. The van der Waals surface area contributed by atoms with Crippen molar-refractivity contribution in [2.24, 2.45) is 0 Å². The van der Waals surface area contributed by atoms with Gasteiger partial charge < -0.3 is 5.32 Å². The van der Waals surface area contributed by atoms with Crippen molar-refractivity contribution in [2.45, 2.75) is 50.6 Å². The first kappa shape index (κ1) is 18.2. The van der Waals surface area contributed by atoms with E-state index in [0.717, 1.165) is 37.5 Å². The zero-order chi connectivity index (χ0) is 16.9. The van der Waals surface area contributed by atoms with Crippen LogP contribution < -0.4 is 10.0 Å². The highest BCUT2D eigenvalue weighted by Gasteiger charge is 2.22. The van der Waals surface area contributed by atoms with E-state index >= 15 is 0 Å². The molecule has 1 atom stereocenters. The van der Waals surface area contributed by atoms with Crippen molar-refractivity contribution in [1.29, 1.82) is 0 Å². The van der Waals surface area contributed by atoms with Gasteiger partial charge in [0.15, 0.2) is 0 Å². The fourth-order valence-corrected chi connectivity index (χ4v) is 3.76. The molecule has 1 aliphatic rings. The minimum Gasteiger partial charge on any atom is -0.353 e. The van der Waals surface area contributed by atoms with Crippen LogP contribution in [-0.4, -0.2) is 26.6 Å². The lowest BCUT2D eigenvalue weighted by molar-refractivity contribution is -0.122.